The van der Waals surface area contributed by atoms with Gasteiger partial charge in [0.1, 0.15) is 5.75 Å². The van der Waals surface area contributed by atoms with Crippen LogP contribution in [0.4, 0.5) is 13.2 Å². The maximum atomic E-state index is 12.2. The first-order chi connectivity index (χ1) is 9.86. The predicted octanol–water partition coefficient (Wildman–Crippen LogP) is 2.37. The summed E-state index contributed by atoms with van der Waals surface area (Å²) in [6.07, 6.45) is -4.58. The Morgan fingerprint density at radius 2 is 2.00 bits per heavy atom. The zero-order valence-electron chi connectivity index (χ0n) is 11.4. The fourth-order valence-electron chi connectivity index (χ4n) is 2.60. The van der Waals surface area contributed by atoms with E-state index >= 15 is 0 Å². The average Bonchev–Trinajstić information content (AvgIpc) is 2.45. The number of hydrogen-bond acceptors (Lipinski definition) is 4. The lowest BCUT2D eigenvalue weighted by molar-refractivity contribution is -0.274. The van der Waals surface area contributed by atoms with E-state index in [9.17, 15) is 18.3 Å². The van der Waals surface area contributed by atoms with Crippen molar-refractivity contribution in [1.29, 1.82) is 0 Å². The largest absolute Gasteiger partial charge is 0.573 e. The summed E-state index contributed by atoms with van der Waals surface area (Å²) in [4.78, 5) is 0. The van der Waals surface area contributed by atoms with Crippen LogP contribution < -0.4 is 10.5 Å². The summed E-state index contributed by atoms with van der Waals surface area (Å²) in [5.74, 6) is -0.349. The summed E-state index contributed by atoms with van der Waals surface area (Å²) in [5.41, 5.74) is 5.58. The molecule has 1 saturated heterocycles. The topological polar surface area (TPSA) is 64.7 Å². The van der Waals surface area contributed by atoms with Gasteiger partial charge in [0.2, 0.25) is 0 Å². The molecule has 7 heteroatoms. The van der Waals surface area contributed by atoms with E-state index in [0.717, 1.165) is 0 Å². The van der Waals surface area contributed by atoms with Gasteiger partial charge in [0.05, 0.1) is 6.10 Å². The molecular formula is C14H18F3NO3. The van der Waals surface area contributed by atoms with E-state index in [1.54, 1.807) is 6.07 Å². The number of halogens is 3. The first-order valence-electron chi connectivity index (χ1n) is 6.68. The third-order valence-electron chi connectivity index (χ3n) is 3.88. The first-order valence-corrected chi connectivity index (χ1v) is 6.68. The second kappa shape index (κ2) is 6.21. The molecule has 1 heterocycles. The molecule has 4 nitrogen and oxygen atoms in total. The fraction of sp³-hybridized carbons (Fsp3) is 0.571. The Morgan fingerprint density at radius 3 is 2.57 bits per heavy atom. The maximum absolute atomic E-state index is 12.2. The molecule has 21 heavy (non-hydrogen) atoms. The van der Waals surface area contributed by atoms with Gasteiger partial charge in [-0.2, -0.15) is 0 Å². The van der Waals surface area contributed by atoms with Crippen molar-refractivity contribution < 1.29 is 27.8 Å². The lowest BCUT2D eigenvalue weighted by Crippen LogP contribution is -2.41. The summed E-state index contributed by atoms with van der Waals surface area (Å²) in [6.45, 7) is 1.20. The molecule has 2 rings (SSSR count). The SMILES string of the molecule is NCC1(C(O)c2cccc(OC(F)(F)F)c2)CCOCC1. The van der Waals surface area contributed by atoms with Gasteiger partial charge >= 0.3 is 6.36 Å². The van der Waals surface area contributed by atoms with Crippen molar-refractivity contribution in [2.24, 2.45) is 11.1 Å². The van der Waals surface area contributed by atoms with Crippen LogP contribution in [0, 0.1) is 5.41 Å². The van der Waals surface area contributed by atoms with E-state index in [-0.39, 0.29) is 12.3 Å². The van der Waals surface area contributed by atoms with Crippen molar-refractivity contribution in [3.05, 3.63) is 29.8 Å². The molecule has 0 bridgehead atoms. The highest BCUT2D eigenvalue weighted by Crippen LogP contribution is 2.42. The van der Waals surface area contributed by atoms with E-state index < -0.39 is 17.9 Å². The minimum absolute atomic E-state index is 0.238. The van der Waals surface area contributed by atoms with Crippen LogP contribution in [0.1, 0.15) is 24.5 Å². The number of ether oxygens (including phenoxy) is 2. The van der Waals surface area contributed by atoms with E-state index in [4.69, 9.17) is 10.5 Å². The van der Waals surface area contributed by atoms with Crippen LogP contribution in [0.2, 0.25) is 0 Å². The molecule has 1 unspecified atom stereocenters. The van der Waals surface area contributed by atoms with E-state index in [1.807, 2.05) is 0 Å². The van der Waals surface area contributed by atoms with Gasteiger partial charge in [-0.1, -0.05) is 12.1 Å². The lowest BCUT2D eigenvalue weighted by Gasteiger charge is -2.40. The Kier molecular flexibility index (Phi) is 4.75. The van der Waals surface area contributed by atoms with Crippen LogP contribution in [0.25, 0.3) is 0 Å². The summed E-state index contributed by atoms with van der Waals surface area (Å²) < 4.78 is 45.9. The van der Waals surface area contributed by atoms with Crippen LogP contribution in [0.5, 0.6) is 5.75 Å². The predicted molar refractivity (Wildman–Crippen MR) is 69.6 cm³/mol. The normalized spacial score (nSPS) is 20.0. The minimum Gasteiger partial charge on any atom is -0.406 e. The molecule has 0 aromatic heterocycles. The van der Waals surface area contributed by atoms with Crippen molar-refractivity contribution >= 4 is 0 Å². The molecule has 1 aromatic rings. The Morgan fingerprint density at radius 1 is 1.33 bits per heavy atom. The summed E-state index contributed by atoms with van der Waals surface area (Å²) in [7, 11) is 0. The quantitative estimate of drug-likeness (QED) is 0.896. The standard InChI is InChI=1S/C14H18F3NO3/c15-14(16,17)21-11-3-1-2-10(8-11)12(19)13(9-18)4-6-20-7-5-13/h1-3,8,12,19H,4-7,9,18H2. The smallest absolute Gasteiger partial charge is 0.406 e. The second-order valence-corrected chi connectivity index (χ2v) is 5.20. The number of hydrogen-bond donors (Lipinski definition) is 2. The fourth-order valence-corrected chi connectivity index (χ4v) is 2.60. The summed E-state index contributed by atoms with van der Waals surface area (Å²) in [5, 5.41) is 10.5. The van der Waals surface area contributed by atoms with Gasteiger partial charge in [0.25, 0.3) is 0 Å². The van der Waals surface area contributed by atoms with Crippen LogP contribution >= 0.6 is 0 Å². The maximum Gasteiger partial charge on any atom is 0.573 e. The van der Waals surface area contributed by atoms with Crippen molar-refractivity contribution in [2.45, 2.75) is 25.3 Å². The monoisotopic (exact) mass is 305 g/mol. The van der Waals surface area contributed by atoms with Crippen molar-refractivity contribution in [3.63, 3.8) is 0 Å². The van der Waals surface area contributed by atoms with Crippen molar-refractivity contribution in [2.75, 3.05) is 19.8 Å². The Hall–Kier alpha value is -1.31. The van der Waals surface area contributed by atoms with E-state index in [2.05, 4.69) is 4.74 Å². The molecule has 1 aliphatic rings. The molecular weight excluding hydrogens is 287 g/mol. The number of benzene rings is 1. The second-order valence-electron chi connectivity index (χ2n) is 5.20. The zero-order valence-corrected chi connectivity index (χ0v) is 11.4. The van der Waals surface area contributed by atoms with E-state index in [1.165, 1.54) is 18.2 Å². The molecule has 0 amide bonds. The van der Waals surface area contributed by atoms with Gasteiger partial charge in [-0.25, -0.2) is 0 Å². The molecule has 1 aromatic carbocycles. The number of alkyl halides is 3. The lowest BCUT2D eigenvalue weighted by atomic mass is 9.73. The Bertz CT molecular complexity index is 473. The van der Waals surface area contributed by atoms with Crippen LogP contribution in [-0.2, 0) is 4.74 Å². The van der Waals surface area contributed by atoms with Gasteiger partial charge in [-0.3, -0.25) is 0 Å². The van der Waals surface area contributed by atoms with Gasteiger partial charge in [0.15, 0.2) is 0 Å². The van der Waals surface area contributed by atoms with Crippen LogP contribution in [0.3, 0.4) is 0 Å². The third-order valence-corrected chi connectivity index (χ3v) is 3.88. The van der Waals surface area contributed by atoms with Gasteiger partial charge < -0.3 is 20.3 Å². The third kappa shape index (κ3) is 3.87. The van der Waals surface area contributed by atoms with Gasteiger partial charge in [-0.05, 0) is 30.5 Å². The summed E-state index contributed by atoms with van der Waals surface area (Å²) in [6, 6.07) is 5.39. The van der Waals surface area contributed by atoms with E-state index in [0.29, 0.717) is 31.6 Å². The molecule has 0 spiro atoms. The highest BCUT2D eigenvalue weighted by Gasteiger charge is 2.39. The average molecular weight is 305 g/mol. The number of rotatable bonds is 4. The highest BCUT2D eigenvalue weighted by atomic mass is 19.4. The molecule has 118 valence electrons. The molecule has 0 aliphatic carbocycles. The highest BCUT2D eigenvalue weighted by molar-refractivity contribution is 5.31. The van der Waals surface area contributed by atoms with Gasteiger partial charge in [0, 0.05) is 25.2 Å². The Balaban J connectivity index is 2.22. The molecule has 1 fully saturated rings. The number of aliphatic hydroxyl groups is 1. The van der Waals surface area contributed by atoms with Gasteiger partial charge in [-0.15, -0.1) is 13.2 Å². The first kappa shape index (κ1) is 16.1. The Labute approximate surface area is 120 Å². The molecule has 3 N–H and O–H groups in total. The molecule has 0 radical (unpaired) electrons. The molecule has 1 atom stereocenters. The molecule has 0 saturated carbocycles. The van der Waals surface area contributed by atoms with Crippen molar-refractivity contribution in [1.82, 2.24) is 0 Å². The van der Waals surface area contributed by atoms with Crippen LogP contribution in [0.15, 0.2) is 24.3 Å². The minimum atomic E-state index is -4.76. The summed E-state index contributed by atoms with van der Waals surface area (Å²) >= 11 is 0. The molecule has 1 aliphatic heterocycles. The number of nitrogens with two attached hydrogens (primary N) is 1. The number of aliphatic hydroxyl groups excluding tert-OH is 1. The van der Waals surface area contributed by atoms with Crippen molar-refractivity contribution in [3.8, 4) is 5.75 Å². The zero-order chi connectivity index (χ0) is 15.5. The van der Waals surface area contributed by atoms with Crippen LogP contribution in [-0.4, -0.2) is 31.2 Å².